The van der Waals surface area contributed by atoms with Gasteiger partial charge in [-0.2, -0.15) is 8.78 Å². The Bertz CT molecular complexity index is 1400. The Morgan fingerprint density at radius 3 is 2.45 bits per heavy atom. The molecule has 6 nitrogen and oxygen atoms in total. The summed E-state index contributed by atoms with van der Waals surface area (Å²) in [6, 6.07) is 19.2. The lowest BCUT2D eigenvalue weighted by atomic mass is 9.98. The number of halogens is 2. The number of alkyl halides is 2. The van der Waals surface area contributed by atoms with Gasteiger partial charge < -0.3 is 13.9 Å². The van der Waals surface area contributed by atoms with E-state index in [0.29, 0.717) is 16.6 Å². The number of ether oxygens (including phenoxy) is 2. The summed E-state index contributed by atoms with van der Waals surface area (Å²) in [6.45, 7) is -3.03. The van der Waals surface area contributed by atoms with E-state index in [4.69, 9.17) is 9.15 Å². The number of carbonyl (C=O) groups excluding carboxylic acids is 1. The first-order chi connectivity index (χ1) is 16.0. The highest BCUT2D eigenvalue weighted by Gasteiger charge is 2.21. The molecule has 0 saturated carbocycles. The Balaban J connectivity index is 1.89. The normalized spacial score (nSPS) is 11.6. The molecule has 4 rings (SSSR count). The number of allylic oxidation sites excluding steroid dienone is 1. The van der Waals surface area contributed by atoms with Crippen LogP contribution in [0.3, 0.4) is 0 Å². The summed E-state index contributed by atoms with van der Waals surface area (Å²) < 4.78 is 40.2. The third-order valence-electron chi connectivity index (χ3n) is 4.74. The summed E-state index contributed by atoms with van der Waals surface area (Å²) >= 11 is 0. The van der Waals surface area contributed by atoms with Gasteiger partial charge in [0.25, 0.3) is 0 Å². The summed E-state index contributed by atoms with van der Waals surface area (Å²) in [6.07, 6.45) is 1.43. The molecular formula is C25H17F2NO5. The van der Waals surface area contributed by atoms with Gasteiger partial charge in [0.2, 0.25) is 0 Å². The second-order valence-corrected chi connectivity index (χ2v) is 6.86. The smallest absolute Gasteiger partial charge is 0.387 e. The zero-order chi connectivity index (χ0) is 23.4. The lowest BCUT2D eigenvalue weighted by Gasteiger charge is -2.11. The van der Waals surface area contributed by atoms with Crippen LogP contribution in [0.25, 0.3) is 22.7 Å². The van der Waals surface area contributed by atoms with Crippen molar-refractivity contribution in [2.24, 2.45) is 0 Å². The van der Waals surface area contributed by atoms with Gasteiger partial charge in [-0.25, -0.2) is 9.78 Å². The minimum atomic E-state index is -3.03. The Hall–Kier alpha value is -4.33. The van der Waals surface area contributed by atoms with E-state index in [-0.39, 0.29) is 28.3 Å². The number of fused-ring (bicyclic) bond motifs is 1. The average molecular weight is 449 g/mol. The molecule has 0 aliphatic heterocycles. The molecule has 0 unspecified atom stereocenters. The van der Waals surface area contributed by atoms with Crippen molar-refractivity contribution in [1.29, 1.82) is 0 Å². The molecule has 0 aliphatic rings. The summed E-state index contributed by atoms with van der Waals surface area (Å²) in [5.41, 5.74) is 0.448. The van der Waals surface area contributed by atoms with Crippen LogP contribution in [0.5, 0.6) is 11.5 Å². The van der Waals surface area contributed by atoms with E-state index in [1.165, 1.54) is 31.4 Å². The van der Waals surface area contributed by atoms with Gasteiger partial charge in [0, 0.05) is 5.56 Å². The number of rotatable bonds is 7. The SMILES string of the molecule is COc1cc(/C=C(/C(=O)c2ccccc2)c2nc3ccccc3oc2=O)ccc1OC(F)F. The van der Waals surface area contributed by atoms with Crippen molar-refractivity contribution in [2.75, 3.05) is 7.11 Å². The van der Waals surface area contributed by atoms with Gasteiger partial charge in [0.1, 0.15) is 5.52 Å². The van der Waals surface area contributed by atoms with Crippen molar-refractivity contribution in [2.45, 2.75) is 6.61 Å². The number of para-hydroxylation sites is 2. The van der Waals surface area contributed by atoms with Crippen molar-refractivity contribution in [3.63, 3.8) is 0 Å². The first-order valence-corrected chi connectivity index (χ1v) is 9.81. The number of hydrogen-bond acceptors (Lipinski definition) is 6. The van der Waals surface area contributed by atoms with E-state index in [2.05, 4.69) is 9.72 Å². The Kier molecular flexibility index (Phi) is 6.26. The van der Waals surface area contributed by atoms with E-state index in [9.17, 15) is 18.4 Å². The molecular weight excluding hydrogens is 432 g/mol. The molecule has 0 atom stereocenters. The van der Waals surface area contributed by atoms with Crippen molar-refractivity contribution >= 4 is 28.5 Å². The molecule has 0 fully saturated rings. The lowest BCUT2D eigenvalue weighted by Crippen LogP contribution is -2.15. The molecule has 3 aromatic carbocycles. The second-order valence-electron chi connectivity index (χ2n) is 6.86. The summed E-state index contributed by atoms with van der Waals surface area (Å²) in [5.74, 6) is -0.587. The number of ketones is 1. The van der Waals surface area contributed by atoms with Gasteiger partial charge >= 0.3 is 12.2 Å². The number of benzene rings is 3. The molecule has 0 radical (unpaired) electrons. The third kappa shape index (κ3) is 4.79. The lowest BCUT2D eigenvalue weighted by molar-refractivity contribution is -0.0512. The molecule has 0 saturated heterocycles. The molecule has 1 heterocycles. The van der Waals surface area contributed by atoms with Crippen LogP contribution in [-0.4, -0.2) is 24.5 Å². The van der Waals surface area contributed by atoms with E-state index < -0.39 is 18.0 Å². The third-order valence-corrected chi connectivity index (χ3v) is 4.74. The minimum absolute atomic E-state index is 0.0229. The number of Topliss-reactive ketones (excluding diaryl/α,β-unsaturated/α-hetero) is 1. The first-order valence-electron chi connectivity index (χ1n) is 9.81. The fourth-order valence-corrected chi connectivity index (χ4v) is 3.24. The maximum atomic E-state index is 13.4. The molecule has 0 amide bonds. The number of hydrogen-bond donors (Lipinski definition) is 0. The molecule has 4 aromatic rings. The van der Waals surface area contributed by atoms with E-state index in [1.54, 1.807) is 54.6 Å². The van der Waals surface area contributed by atoms with Crippen molar-refractivity contribution in [1.82, 2.24) is 4.98 Å². The molecule has 1 aromatic heterocycles. The van der Waals surface area contributed by atoms with Crippen molar-refractivity contribution < 1.29 is 27.5 Å². The number of nitrogens with zero attached hydrogens (tertiary/aromatic N) is 1. The van der Waals surface area contributed by atoms with Crippen LogP contribution in [0, 0.1) is 0 Å². The Morgan fingerprint density at radius 1 is 1.00 bits per heavy atom. The van der Waals surface area contributed by atoms with E-state index >= 15 is 0 Å². The summed E-state index contributed by atoms with van der Waals surface area (Å²) in [5, 5.41) is 0. The molecule has 166 valence electrons. The standard InChI is InChI=1S/C25H17F2NO5/c1-31-21-14-15(11-12-20(21)33-25(26)27)13-17(23(29)16-7-3-2-4-8-16)22-24(30)32-19-10-6-5-9-18(19)28-22/h2-14,25H,1H3/b17-13+. The van der Waals surface area contributed by atoms with Gasteiger partial charge in [-0.05, 0) is 35.9 Å². The summed E-state index contributed by atoms with van der Waals surface area (Å²) in [7, 11) is 1.30. The highest BCUT2D eigenvalue weighted by molar-refractivity contribution is 6.32. The summed E-state index contributed by atoms with van der Waals surface area (Å²) in [4.78, 5) is 30.5. The van der Waals surface area contributed by atoms with Crippen LogP contribution >= 0.6 is 0 Å². The predicted octanol–water partition coefficient (Wildman–Crippen LogP) is 5.22. The van der Waals surface area contributed by atoms with Gasteiger partial charge in [-0.3, -0.25) is 4.79 Å². The quantitative estimate of drug-likeness (QED) is 0.284. The largest absolute Gasteiger partial charge is 0.493 e. The topological polar surface area (TPSA) is 78.6 Å². The molecule has 0 bridgehead atoms. The van der Waals surface area contributed by atoms with Crippen molar-refractivity contribution in [3.05, 3.63) is 100 Å². The van der Waals surface area contributed by atoms with Gasteiger partial charge in [0.05, 0.1) is 12.7 Å². The van der Waals surface area contributed by atoms with Crippen LogP contribution in [0.4, 0.5) is 8.78 Å². The van der Waals surface area contributed by atoms with Gasteiger partial charge in [0.15, 0.2) is 28.6 Å². The average Bonchev–Trinajstić information content (AvgIpc) is 2.83. The first kappa shape index (κ1) is 21.9. The van der Waals surface area contributed by atoms with Crippen molar-refractivity contribution in [3.8, 4) is 11.5 Å². The van der Waals surface area contributed by atoms with Crippen LogP contribution < -0.4 is 15.1 Å². The molecule has 8 heteroatoms. The zero-order valence-electron chi connectivity index (χ0n) is 17.3. The molecule has 33 heavy (non-hydrogen) atoms. The van der Waals surface area contributed by atoms with E-state index in [1.807, 2.05) is 0 Å². The fraction of sp³-hybridized carbons (Fsp3) is 0.0800. The van der Waals surface area contributed by atoms with Gasteiger partial charge in [-0.15, -0.1) is 0 Å². The van der Waals surface area contributed by atoms with Crippen LogP contribution in [-0.2, 0) is 0 Å². The zero-order valence-corrected chi connectivity index (χ0v) is 17.3. The number of methoxy groups -OCH3 is 1. The second kappa shape index (κ2) is 9.44. The van der Waals surface area contributed by atoms with E-state index in [0.717, 1.165) is 0 Å². The number of aromatic nitrogens is 1. The maximum absolute atomic E-state index is 13.4. The van der Waals surface area contributed by atoms with Crippen LogP contribution in [0.15, 0.2) is 82.0 Å². The highest BCUT2D eigenvalue weighted by Crippen LogP contribution is 2.31. The fourth-order valence-electron chi connectivity index (χ4n) is 3.24. The highest BCUT2D eigenvalue weighted by atomic mass is 19.3. The number of carbonyl (C=O) groups is 1. The monoisotopic (exact) mass is 449 g/mol. The Labute approximate surface area is 186 Å². The molecule has 0 spiro atoms. The maximum Gasteiger partial charge on any atom is 0.387 e. The minimum Gasteiger partial charge on any atom is -0.493 e. The van der Waals surface area contributed by atoms with Crippen LogP contribution in [0.2, 0.25) is 0 Å². The predicted molar refractivity (Wildman–Crippen MR) is 119 cm³/mol. The van der Waals surface area contributed by atoms with Crippen LogP contribution in [0.1, 0.15) is 21.6 Å². The van der Waals surface area contributed by atoms with Gasteiger partial charge in [-0.1, -0.05) is 48.5 Å². The molecule has 0 aliphatic carbocycles. The Morgan fingerprint density at radius 2 is 1.73 bits per heavy atom. The molecule has 0 N–H and O–H groups in total.